The maximum atomic E-state index is 13.2. The molecule has 3 aromatic heterocycles. The Labute approximate surface area is 284 Å². The van der Waals surface area contributed by atoms with Crippen LogP contribution in [0.25, 0.3) is 11.5 Å². The summed E-state index contributed by atoms with van der Waals surface area (Å²) in [5.41, 5.74) is 0.303. The topological polar surface area (TPSA) is 338 Å². The fourth-order valence-electron chi connectivity index (χ4n) is 4.09. The first kappa shape index (κ1) is 37.2. The first-order valence-corrected chi connectivity index (χ1v) is 18.1. The number of urea groups is 1. The molecule has 0 radical (unpaired) electrons. The van der Waals surface area contributed by atoms with Gasteiger partial charge >= 0.3 is 27.9 Å². The molecule has 4 heterocycles. The molecule has 4 rings (SSSR count). The van der Waals surface area contributed by atoms with Crippen molar-refractivity contribution in [3.8, 4) is 17.3 Å². The number of pyridine rings is 1. The van der Waals surface area contributed by atoms with E-state index in [4.69, 9.17) is 10.6 Å². The van der Waals surface area contributed by atoms with Crippen molar-refractivity contribution in [1.82, 2.24) is 38.7 Å². The minimum atomic E-state index is -5.26. The second-order valence-electron chi connectivity index (χ2n) is 11.1. The molecule has 1 saturated heterocycles. The first-order valence-electron chi connectivity index (χ1n) is 13.8. The Morgan fingerprint density at radius 1 is 1.20 bits per heavy atom. The number of rotatable bonds is 12. The Morgan fingerprint density at radius 3 is 2.40 bits per heavy atom. The number of carbonyl (C=O) groups excluding carboxylic acids is 3. The third kappa shape index (κ3) is 7.65. The molecule has 1 aliphatic rings. The number of oxime groups is 1. The molecule has 0 aromatic carbocycles. The van der Waals surface area contributed by atoms with Crippen LogP contribution in [0.15, 0.2) is 32.4 Å². The molecule has 1 fully saturated rings. The summed E-state index contributed by atoms with van der Waals surface area (Å²) in [6, 6.07) is -3.46. The van der Waals surface area contributed by atoms with E-state index >= 15 is 0 Å². The molecule has 0 aliphatic carbocycles. The van der Waals surface area contributed by atoms with Crippen LogP contribution in [0.5, 0.6) is 5.75 Å². The predicted octanol–water partition coefficient (Wildman–Crippen LogP) is -3.01. The van der Waals surface area contributed by atoms with Crippen LogP contribution in [0.3, 0.4) is 0 Å². The van der Waals surface area contributed by atoms with Crippen LogP contribution in [0.1, 0.15) is 26.5 Å². The van der Waals surface area contributed by atoms with Crippen molar-refractivity contribution in [2.45, 2.75) is 45.0 Å². The van der Waals surface area contributed by atoms with Crippen molar-refractivity contribution in [3.63, 3.8) is 0 Å². The van der Waals surface area contributed by atoms with Gasteiger partial charge in [-0.2, -0.15) is 8.42 Å². The highest BCUT2D eigenvalue weighted by molar-refractivity contribution is 7.90. The highest BCUT2D eigenvalue weighted by Crippen LogP contribution is 2.22. The third-order valence-electron chi connectivity index (χ3n) is 6.86. The van der Waals surface area contributed by atoms with E-state index in [2.05, 4.69) is 25.5 Å². The summed E-state index contributed by atoms with van der Waals surface area (Å²) in [5, 5.41) is 29.7. The molecule has 0 spiro atoms. The largest absolute Gasteiger partial charge is 0.503 e. The fourth-order valence-corrected chi connectivity index (χ4v) is 6.04. The average Bonchev–Trinajstić information content (AvgIpc) is 3.58. The van der Waals surface area contributed by atoms with E-state index in [1.165, 1.54) is 17.0 Å². The molecule has 26 heteroatoms. The molecule has 4 amide bonds. The molecule has 270 valence electrons. The number of likely N-dealkylation sites (tertiary alicyclic amines) is 1. The van der Waals surface area contributed by atoms with E-state index in [1.807, 2.05) is 0 Å². The molecule has 0 bridgehead atoms. The van der Waals surface area contributed by atoms with Crippen LogP contribution in [-0.4, -0.2) is 115 Å². The number of amides is 4. The molecule has 23 nitrogen and oxygen atoms in total. The molecule has 1 aliphatic heterocycles. The van der Waals surface area contributed by atoms with Gasteiger partial charge in [-0.1, -0.05) is 9.24 Å². The number of nitrogens with one attached hydrogen (secondary N) is 3. The molecular formula is C24H28N10O13S3. The number of β-lactam (4-membered cyclic amide) rings is 1. The number of aromatic hydroxyl groups is 1. The number of thiazole rings is 1. The number of carboxylic acid groups (broad SMARTS) is 1. The standard InChI is InChI=1S/C24H28N10O13S3/c1-10-15(28-18(37)16(12-9-48-21(25)27-12)30-47-24(2,3)20(39)40)19(38)33(10)22(41)31-50(45,46)34-23(42)32(5-6-49(4,43)44)17(29-34)11-7-13(35)14(36)8-26-11/h7-10,15,36H,5-6H2,1-4H3,(H2,25,27)(H,26,35)(H,28,37)(H,31,41)(H,39,40)/b30-16-/t10-,15-/m0/s1. The van der Waals surface area contributed by atoms with E-state index in [9.17, 15) is 55.8 Å². The summed E-state index contributed by atoms with van der Waals surface area (Å²) in [4.78, 5) is 87.4. The lowest BCUT2D eigenvalue weighted by Crippen LogP contribution is -2.73. The molecule has 0 unspecified atom stereocenters. The number of aromatic amines is 1. The normalized spacial score (nSPS) is 16.8. The molecular weight excluding hydrogens is 733 g/mol. The van der Waals surface area contributed by atoms with Crippen LogP contribution >= 0.6 is 11.3 Å². The molecule has 50 heavy (non-hydrogen) atoms. The first-order chi connectivity index (χ1) is 23.0. The number of H-pyrrole nitrogens is 1. The summed E-state index contributed by atoms with van der Waals surface area (Å²) in [7, 11) is -8.97. The molecule has 2 atom stereocenters. The van der Waals surface area contributed by atoms with Gasteiger partial charge in [-0.05, 0) is 20.8 Å². The minimum Gasteiger partial charge on any atom is -0.503 e. The van der Waals surface area contributed by atoms with Gasteiger partial charge in [0.2, 0.25) is 11.0 Å². The van der Waals surface area contributed by atoms with Gasteiger partial charge in [0.05, 0.1) is 17.5 Å². The van der Waals surface area contributed by atoms with Gasteiger partial charge in [-0.25, -0.2) is 32.5 Å². The van der Waals surface area contributed by atoms with Gasteiger partial charge in [0.1, 0.15) is 21.6 Å². The van der Waals surface area contributed by atoms with Crippen molar-refractivity contribution < 1.29 is 51.1 Å². The van der Waals surface area contributed by atoms with Crippen molar-refractivity contribution >= 4 is 66.0 Å². The summed E-state index contributed by atoms with van der Waals surface area (Å²) < 4.78 is 51.8. The summed E-state index contributed by atoms with van der Waals surface area (Å²) >= 11 is 0.910. The van der Waals surface area contributed by atoms with Crippen molar-refractivity contribution in [3.05, 3.63) is 44.0 Å². The zero-order valence-corrected chi connectivity index (χ0v) is 28.6. The van der Waals surface area contributed by atoms with Crippen LogP contribution in [0.2, 0.25) is 0 Å². The van der Waals surface area contributed by atoms with Crippen molar-refractivity contribution in [2.24, 2.45) is 5.16 Å². The number of aliphatic carboxylic acids is 1. The van der Waals surface area contributed by atoms with Crippen molar-refractivity contribution in [2.75, 3.05) is 17.7 Å². The van der Waals surface area contributed by atoms with Gasteiger partial charge in [-0.15, -0.1) is 16.4 Å². The SMILES string of the molecule is C[C@H]1[C@H](NC(=O)/C(=N\OC(C)(C)C(=O)O)c2csc(N)n2)C(=O)N1C(=O)NS(=O)(=O)n1nc(-c2cc(=O)c(O)c[nH]2)n(CCS(C)(=O)=O)c1=O. The fraction of sp³-hybridized carbons (Fsp3) is 0.375. The zero-order chi connectivity index (χ0) is 37.5. The van der Waals surface area contributed by atoms with Crippen molar-refractivity contribution in [1.29, 1.82) is 0 Å². The molecule has 7 N–H and O–H groups in total. The number of imide groups is 1. The number of carbonyl (C=O) groups is 4. The van der Waals surface area contributed by atoms with Crippen LogP contribution in [-0.2, 0) is 45.8 Å². The minimum absolute atomic E-state index is 0.0120. The number of hydrogen-bond donors (Lipinski definition) is 6. The monoisotopic (exact) mass is 760 g/mol. The highest BCUT2D eigenvalue weighted by Gasteiger charge is 2.50. The second-order valence-corrected chi connectivity index (χ2v) is 15.7. The number of anilines is 1. The zero-order valence-electron chi connectivity index (χ0n) is 26.2. The van der Waals surface area contributed by atoms with Gasteiger partial charge in [0, 0.05) is 30.4 Å². The van der Waals surface area contributed by atoms with E-state index in [0.717, 1.165) is 43.7 Å². The summed E-state index contributed by atoms with van der Waals surface area (Å²) in [6.45, 7) is 2.91. The van der Waals surface area contributed by atoms with Gasteiger partial charge in [0.25, 0.3) is 11.8 Å². The summed E-state index contributed by atoms with van der Waals surface area (Å²) in [6.07, 6.45) is 1.66. The average molecular weight is 761 g/mol. The van der Waals surface area contributed by atoms with Gasteiger partial charge in [0.15, 0.2) is 22.4 Å². The number of nitrogen functional groups attached to an aromatic ring is 1. The third-order valence-corrected chi connectivity index (χ3v) is 9.58. The van der Waals surface area contributed by atoms with E-state index in [1.54, 1.807) is 0 Å². The summed E-state index contributed by atoms with van der Waals surface area (Å²) in [5.74, 6) is -5.59. The molecule has 3 aromatic rings. The van der Waals surface area contributed by atoms with Crippen LogP contribution in [0.4, 0.5) is 9.93 Å². The lowest BCUT2D eigenvalue weighted by atomic mass is 9.97. The van der Waals surface area contributed by atoms with Crippen LogP contribution < -0.4 is 26.9 Å². The Bertz CT molecular complexity index is 2270. The number of aromatic nitrogens is 5. The Morgan fingerprint density at radius 2 is 1.86 bits per heavy atom. The van der Waals surface area contributed by atoms with Crippen LogP contribution in [0, 0.1) is 0 Å². The van der Waals surface area contributed by atoms with E-state index in [0.29, 0.717) is 9.47 Å². The number of nitrogens with two attached hydrogens (primary N) is 1. The number of sulfone groups is 1. The maximum absolute atomic E-state index is 13.2. The number of hydrogen-bond acceptors (Lipinski definition) is 17. The highest BCUT2D eigenvalue weighted by atomic mass is 32.2. The quantitative estimate of drug-likeness (QED) is 0.0608. The number of nitrogens with zero attached hydrogens (tertiary/aromatic N) is 6. The van der Waals surface area contributed by atoms with E-state index < -0.39 is 102 Å². The Kier molecular flexibility index (Phi) is 9.93. The van der Waals surface area contributed by atoms with E-state index in [-0.39, 0.29) is 20.6 Å². The lowest BCUT2D eigenvalue weighted by molar-refractivity contribution is -0.161. The molecule has 0 saturated carbocycles. The Balaban J connectivity index is 1.56. The number of carboxylic acids is 1. The lowest BCUT2D eigenvalue weighted by Gasteiger charge is -2.43. The smallest absolute Gasteiger partial charge is 0.362 e. The maximum Gasteiger partial charge on any atom is 0.362 e. The Hall–Kier alpha value is -5.63. The second kappa shape index (κ2) is 13.3. The predicted molar refractivity (Wildman–Crippen MR) is 171 cm³/mol. The van der Waals surface area contributed by atoms with Gasteiger partial charge in [-0.3, -0.25) is 23.9 Å². The van der Waals surface area contributed by atoms with Gasteiger partial charge < -0.3 is 31.1 Å².